The van der Waals surface area contributed by atoms with Crippen molar-refractivity contribution in [3.8, 4) is 5.69 Å². The van der Waals surface area contributed by atoms with Crippen LogP contribution in [0.5, 0.6) is 0 Å². The average Bonchev–Trinajstić information content (AvgIpc) is 3.39. The normalized spacial score (nSPS) is 11.4. The number of non-ortho nitro benzene ring substituents is 1. The second kappa shape index (κ2) is 7.17. The van der Waals surface area contributed by atoms with Crippen LogP contribution in [0.15, 0.2) is 71.8 Å². The fourth-order valence-electron chi connectivity index (χ4n) is 3.56. The van der Waals surface area contributed by atoms with Crippen LogP contribution in [0.2, 0.25) is 0 Å². The van der Waals surface area contributed by atoms with Gasteiger partial charge in [-0.2, -0.15) is 4.52 Å². The number of nitro groups is 1. The first-order valence-corrected chi connectivity index (χ1v) is 10.5. The molecule has 11 nitrogen and oxygen atoms in total. The molecule has 6 aromatic rings. The van der Waals surface area contributed by atoms with Crippen LogP contribution in [0.4, 0.5) is 17.3 Å². The third kappa shape index (κ3) is 3.00. The molecule has 1 N–H and O–H groups in total. The maximum atomic E-state index is 13.3. The maximum absolute atomic E-state index is 13.3. The Labute approximate surface area is 187 Å². The van der Waals surface area contributed by atoms with Crippen molar-refractivity contribution in [1.29, 1.82) is 0 Å². The van der Waals surface area contributed by atoms with E-state index >= 15 is 0 Å². The van der Waals surface area contributed by atoms with Crippen molar-refractivity contribution in [2.24, 2.45) is 0 Å². The fraction of sp³-hybridized carbons (Fsp3) is 0. The second-order valence-electron chi connectivity index (χ2n) is 7.04. The van der Waals surface area contributed by atoms with Gasteiger partial charge in [0.15, 0.2) is 0 Å². The average molecular weight is 456 g/mol. The van der Waals surface area contributed by atoms with E-state index in [-0.39, 0.29) is 11.2 Å². The molecule has 0 saturated heterocycles. The smallest absolute Gasteiger partial charge is 0.293 e. The van der Waals surface area contributed by atoms with Crippen LogP contribution in [0.25, 0.3) is 32.0 Å². The van der Waals surface area contributed by atoms with Gasteiger partial charge in [-0.3, -0.25) is 14.9 Å². The lowest BCUT2D eigenvalue weighted by atomic mass is 10.3. The van der Waals surface area contributed by atoms with Crippen molar-refractivity contribution in [3.05, 3.63) is 87.5 Å². The van der Waals surface area contributed by atoms with Gasteiger partial charge in [-0.1, -0.05) is 18.2 Å². The largest absolute Gasteiger partial charge is 0.324 e. The highest BCUT2D eigenvalue weighted by atomic mass is 32.1. The number of fused-ring (bicyclic) bond motifs is 4. The number of nitrogens with one attached hydrogen (secondary N) is 1. The number of aromatic nitrogens is 6. The molecule has 0 amide bonds. The first-order chi connectivity index (χ1) is 16.1. The summed E-state index contributed by atoms with van der Waals surface area (Å²) in [6.07, 6.45) is 3.14. The third-order valence-electron chi connectivity index (χ3n) is 5.05. The molecule has 2 aromatic carbocycles. The number of nitrogens with zero attached hydrogens (tertiary/aromatic N) is 7. The molecule has 0 fully saturated rings. The van der Waals surface area contributed by atoms with E-state index in [1.807, 2.05) is 30.3 Å². The summed E-state index contributed by atoms with van der Waals surface area (Å²) in [6, 6.07) is 15.3. The molecule has 0 saturated carbocycles. The first-order valence-electron chi connectivity index (χ1n) is 9.72. The Balaban J connectivity index is 1.61. The van der Waals surface area contributed by atoms with E-state index in [4.69, 9.17) is 4.98 Å². The Bertz CT molecular complexity index is 1740. The molecule has 0 unspecified atom stereocenters. The van der Waals surface area contributed by atoms with Crippen molar-refractivity contribution >= 4 is 55.0 Å². The van der Waals surface area contributed by atoms with Crippen LogP contribution >= 0.6 is 11.3 Å². The lowest BCUT2D eigenvalue weighted by Gasteiger charge is -2.09. The molecule has 0 bridgehead atoms. The van der Waals surface area contributed by atoms with E-state index in [0.717, 1.165) is 5.69 Å². The summed E-state index contributed by atoms with van der Waals surface area (Å²) < 4.78 is 3.36. The van der Waals surface area contributed by atoms with Gasteiger partial charge in [-0.25, -0.2) is 19.5 Å². The summed E-state index contributed by atoms with van der Waals surface area (Å²) in [6.45, 7) is 0. The van der Waals surface area contributed by atoms with Gasteiger partial charge in [0.05, 0.1) is 10.6 Å². The highest BCUT2D eigenvalue weighted by Crippen LogP contribution is 2.29. The van der Waals surface area contributed by atoms with Crippen molar-refractivity contribution in [3.63, 3.8) is 0 Å². The lowest BCUT2D eigenvalue weighted by molar-refractivity contribution is -0.384. The van der Waals surface area contributed by atoms with Gasteiger partial charge in [0, 0.05) is 30.2 Å². The minimum atomic E-state index is -0.466. The number of rotatable bonds is 4. The predicted molar refractivity (Wildman–Crippen MR) is 123 cm³/mol. The third-order valence-corrected chi connectivity index (χ3v) is 6.11. The molecular formula is C21H12N8O3S. The molecule has 0 aliphatic carbocycles. The van der Waals surface area contributed by atoms with Crippen LogP contribution in [-0.4, -0.2) is 34.1 Å². The second-order valence-corrected chi connectivity index (χ2v) is 8.04. The number of nitro benzene ring substituents is 1. The molecule has 4 aromatic heterocycles. The predicted octanol–water partition coefficient (Wildman–Crippen LogP) is 3.69. The minimum Gasteiger partial charge on any atom is -0.324 e. The van der Waals surface area contributed by atoms with Gasteiger partial charge >= 0.3 is 0 Å². The molecule has 0 atom stereocenters. The van der Waals surface area contributed by atoms with Crippen LogP contribution in [0.3, 0.4) is 0 Å². The number of hydrogen-bond donors (Lipinski definition) is 1. The van der Waals surface area contributed by atoms with E-state index < -0.39 is 4.92 Å². The van der Waals surface area contributed by atoms with E-state index in [2.05, 4.69) is 20.4 Å². The molecule has 0 aliphatic heterocycles. The van der Waals surface area contributed by atoms with Gasteiger partial charge in [0.25, 0.3) is 11.2 Å². The molecule has 0 spiro atoms. The summed E-state index contributed by atoms with van der Waals surface area (Å²) >= 11 is 1.22. The standard InChI is InChI=1S/C21H12N8O3S/c30-19-17-15(16-18(33-17)23-11-10-22-16)25-21-27(13-4-2-1-3-5-13)20(26-28(19)21)24-12-6-8-14(9-7-12)29(31)32/h1-11H,(H,24,26). The van der Waals surface area contributed by atoms with Crippen molar-refractivity contribution in [2.45, 2.75) is 0 Å². The highest BCUT2D eigenvalue weighted by Gasteiger charge is 2.21. The molecule has 33 heavy (non-hydrogen) atoms. The quantitative estimate of drug-likeness (QED) is 0.314. The molecule has 6 rings (SSSR count). The zero-order chi connectivity index (χ0) is 22.5. The molecule has 160 valence electrons. The van der Waals surface area contributed by atoms with Crippen molar-refractivity contribution < 1.29 is 4.92 Å². The van der Waals surface area contributed by atoms with Gasteiger partial charge in [-0.15, -0.1) is 16.4 Å². The topological polar surface area (TPSA) is 133 Å². The van der Waals surface area contributed by atoms with Crippen LogP contribution in [0.1, 0.15) is 0 Å². The summed E-state index contributed by atoms with van der Waals surface area (Å²) in [4.78, 5) is 37.8. The summed E-state index contributed by atoms with van der Waals surface area (Å²) in [7, 11) is 0. The van der Waals surface area contributed by atoms with Gasteiger partial charge < -0.3 is 5.32 Å². The lowest BCUT2D eigenvalue weighted by Crippen LogP contribution is -2.15. The van der Waals surface area contributed by atoms with Crippen LogP contribution in [0, 0.1) is 10.1 Å². The number of anilines is 2. The molecule has 12 heteroatoms. The van der Waals surface area contributed by atoms with Crippen LogP contribution < -0.4 is 10.9 Å². The fourth-order valence-corrected chi connectivity index (χ4v) is 4.52. The maximum Gasteiger partial charge on any atom is 0.293 e. The van der Waals surface area contributed by atoms with Crippen molar-refractivity contribution in [2.75, 3.05) is 5.32 Å². The van der Waals surface area contributed by atoms with Crippen LogP contribution in [-0.2, 0) is 0 Å². The summed E-state index contributed by atoms with van der Waals surface area (Å²) in [5, 5.41) is 18.6. The zero-order valence-corrected chi connectivity index (χ0v) is 17.4. The van der Waals surface area contributed by atoms with Gasteiger partial charge in [0.1, 0.15) is 20.6 Å². The number of hydrogen-bond acceptors (Lipinski definition) is 9. The van der Waals surface area contributed by atoms with Gasteiger partial charge in [0.2, 0.25) is 11.7 Å². The molecule has 0 aliphatic rings. The van der Waals surface area contributed by atoms with E-state index in [1.165, 1.54) is 28.0 Å². The number of thiophene rings is 1. The summed E-state index contributed by atoms with van der Waals surface area (Å²) in [5.74, 6) is 0.626. The SMILES string of the molecule is O=c1c2sc3nccnc3c2nc2n(-c3ccccc3)c(Nc3ccc([N+](=O)[O-])cc3)nn12. The number of para-hydroxylation sites is 1. The van der Waals surface area contributed by atoms with E-state index in [0.29, 0.717) is 38.0 Å². The first kappa shape index (κ1) is 19.0. The zero-order valence-electron chi connectivity index (χ0n) is 16.6. The number of benzene rings is 2. The summed E-state index contributed by atoms with van der Waals surface area (Å²) in [5.41, 5.74) is 1.97. The monoisotopic (exact) mass is 456 g/mol. The Kier molecular flexibility index (Phi) is 4.13. The molecule has 4 heterocycles. The Morgan fingerprint density at radius 1 is 0.970 bits per heavy atom. The Morgan fingerprint density at radius 3 is 2.48 bits per heavy atom. The van der Waals surface area contributed by atoms with E-state index in [9.17, 15) is 14.9 Å². The van der Waals surface area contributed by atoms with Gasteiger partial charge in [-0.05, 0) is 24.3 Å². The van der Waals surface area contributed by atoms with E-state index in [1.54, 1.807) is 29.1 Å². The van der Waals surface area contributed by atoms with Crippen molar-refractivity contribution in [1.82, 2.24) is 29.1 Å². The Hall–Kier alpha value is -4.71. The Morgan fingerprint density at radius 2 is 1.73 bits per heavy atom. The molecular weight excluding hydrogens is 444 g/mol. The minimum absolute atomic E-state index is 0.0248. The highest BCUT2D eigenvalue weighted by molar-refractivity contribution is 7.25. The molecule has 0 radical (unpaired) electrons.